The van der Waals surface area contributed by atoms with Crippen LogP contribution in [0.2, 0.25) is 10.0 Å². The first-order valence-corrected chi connectivity index (χ1v) is 6.12. The number of rotatable bonds is 2. The molecule has 0 aliphatic carbocycles. The topological polar surface area (TPSA) is 0 Å². The van der Waals surface area contributed by atoms with Crippen molar-refractivity contribution in [1.82, 2.24) is 0 Å². The van der Waals surface area contributed by atoms with Gasteiger partial charge < -0.3 is 0 Å². The third kappa shape index (κ3) is 2.74. The summed E-state index contributed by atoms with van der Waals surface area (Å²) < 4.78 is 12.8. The van der Waals surface area contributed by atoms with Crippen LogP contribution in [0.25, 0.3) is 0 Å². The Hall–Kier alpha value is -0.760. The Morgan fingerprint density at radius 1 is 0.941 bits per heavy atom. The van der Waals surface area contributed by atoms with E-state index in [1.165, 1.54) is 12.1 Å². The number of alkyl halides is 1. The monoisotopic (exact) mass is 288 g/mol. The van der Waals surface area contributed by atoms with Gasteiger partial charge in [0.1, 0.15) is 5.82 Å². The second-order valence-corrected chi connectivity index (χ2v) is 4.78. The van der Waals surface area contributed by atoms with E-state index in [2.05, 4.69) is 0 Å². The molecule has 0 amide bonds. The molecule has 0 saturated carbocycles. The molecule has 0 N–H and O–H groups in total. The zero-order valence-corrected chi connectivity index (χ0v) is 10.9. The molecule has 2 rings (SSSR count). The van der Waals surface area contributed by atoms with Crippen molar-refractivity contribution >= 4 is 34.8 Å². The fourth-order valence-corrected chi connectivity index (χ4v) is 2.33. The summed E-state index contributed by atoms with van der Waals surface area (Å²) in [5.74, 6) is -0.296. The fraction of sp³-hybridized carbons (Fsp3) is 0.0769. The normalized spacial score (nSPS) is 12.5. The minimum absolute atomic E-state index is 0.296. The molecule has 0 saturated heterocycles. The number of benzene rings is 2. The van der Waals surface area contributed by atoms with E-state index in [4.69, 9.17) is 34.8 Å². The van der Waals surface area contributed by atoms with Crippen molar-refractivity contribution in [1.29, 1.82) is 0 Å². The lowest BCUT2D eigenvalue weighted by Gasteiger charge is -2.12. The summed E-state index contributed by atoms with van der Waals surface area (Å²) in [5.41, 5.74) is 1.49. The highest BCUT2D eigenvalue weighted by Crippen LogP contribution is 2.36. The quantitative estimate of drug-likeness (QED) is 0.644. The predicted molar refractivity (Wildman–Crippen MR) is 70.6 cm³/mol. The summed E-state index contributed by atoms with van der Waals surface area (Å²) in [6.45, 7) is 0. The van der Waals surface area contributed by atoms with Gasteiger partial charge in [0.05, 0.1) is 15.4 Å². The van der Waals surface area contributed by atoms with Crippen molar-refractivity contribution in [2.75, 3.05) is 0 Å². The molecule has 0 aliphatic heterocycles. The molecule has 88 valence electrons. The highest BCUT2D eigenvalue weighted by atomic mass is 35.5. The van der Waals surface area contributed by atoms with Gasteiger partial charge >= 0.3 is 0 Å². The third-order valence-corrected chi connectivity index (χ3v) is 3.74. The van der Waals surface area contributed by atoms with Gasteiger partial charge in [-0.1, -0.05) is 47.5 Å². The van der Waals surface area contributed by atoms with E-state index in [9.17, 15) is 4.39 Å². The molecular weight excluding hydrogens is 282 g/mol. The zero-order chi connectivity index (χ0) is 12.4. The van der Waals surface area contributed by atoms with E-state index in [0.29, 0.717) is 15.6 Å². The highest BCUT2D eigenvalue weighted by Gasteiger charge is 2.15. The van der Waals surface area contributed by atoms with Gasteiger partial charge in [-0.05, 0) is 29.3 Å². The first kappa shape index (κ1) is 12.7. The van der Waals surface area contributed by atoms with E-state index in [-0.39, 0.29) is 5.82 Å². The summed E-state index contributed by atoms with van der Waals surface area (Å²) in [6, 6.07) is 11.3. The number of hydrogen-bond donors (Lipinski definition) is 0. The minimum atomic E-state index is -0.443. The van der Waals surface area contributed by atoms with Gasteiger partial charge in [-0.15, -0.1) is 11.6 Å². The van der Waals surface area contributed by atoms with Crippen molar-refractivity contribution in [3.05, 3.63) is 69.5 Å². The summed E-state index contributed by atoms with van der Waals surface area (Å²) >= 11 is 18.3. The van der Waals surface area contributed by atoms with Crippen LogP contribution < -0.4 is 0 Å². The molecule has 0 fully saturated rings. The third-order valence-electron chi connectivity index (χ3n) is 2.42. The molecule has 1 unspecified atom stereocenters. The van der Waals surface area contributed by atoms with E-state index >= 15 is 0 Å². The zero-order valence-electron chi connectivity index (χ0n) is 8.63. The second-order valence-electron chi connectivity index (χ2n) is 3.56. The molecule has 0 radical (unpaired) electrons. The minimum Gasteiger partial charge on any atom is -0.207 e. The van der Waals surface area contributed by atoms with E-state index in [1.54, 1.807) is 30.3 Å². The molecule has 0 heterocycles. The average Bonchev–Trinajstić information content (AvgIpc) is 2.33. The Kier molecular flexibility index (Phi) is 3.93. The van der Waals surface area contributed by atoms with Gasteiger partial charge in [-0.3, -0.25) is 0 Å². The molecule has 1 atom stereocenters. The molecule has 17 heavy (non-hydrogen) atoms. The van der Waals surface area contributed by atoms with Gasteiger partial charge in [0, 0.05) is 0 Å². The van der Waals surface area contributed by atoms with Crippen molar-refractivity contribution < 1.29 is 4.39 Å². The van der Waals surface area contributed by atoms with Crippen molar-refractivity contribution in [2.45, 2.75) is 5.38 Å². The molecule has 0 aliphatic rings. The number of hydrogen-bond acceptors (Lipinski definition) is 0. The Balaban J connectivity index is 2.40. The summed E-state index contributed by atoms with van der Waals surface area (Å²) in [7, 11) is 0. The van der Waals surface area contributed by atoms with Crippen molar-refractivity contribution in [3.8, 4) is 0 Å². The smallest absolute Gasteiger partial charge is 0.123 e. The molecule has 0 nitrogen and oxygen atoms in total. The van der Waals surface area contributed by atoms with Crippen LogP contribution in [0.1, 0.15) is 16.5 Å². The summed E-state index contributed by atoms with van der Waals surface area (Å²) in [6.07, 6.45) is 0. The molecule has 0 spiro atoms. The molecule has 4 heteroatoms. The lowest BCUT2D eigenvalue weighted by Crippen LogP contribution is -1.94. The van der Waals surface area contributed by atoms with Crippen LogP contribution in [-0.4, -0.2) is 0 Å². The van der Waals surface area contributed by atoms with Crippen LogP contribution in [0.3, 0.4) is 0 Å². The van der Waals surface area contributed by atoms with Crippen molar-refractivity contribution in [3.63, 3.8) is 0 Å². The maximum Gasteiger partial charge on any atom is 0.123 e. The predicted octanol–water partition coefficient (Wildman–Crippen LogP) is 5.46. The number of halogens is 4. The van der Waals surface area contributed by atoms with E-state index in [0.717, 1.165) is 5.56 Å². The Morgan fingerprint density at radius 2 is 1.59 bits per heavy atom. The van der Waals surface area contributed by atoms with Crippen LogP contribution in [0.5, 0.6) is 0 Å². The molecule has 0 aromatic heterocycles. The lowest BCUT2D eigenvalue weighted by molar-refractivity contribution is 0.627. The Morgan fingerprint density at radius 3 is 2.24 bits per heavy atom. The van der Waals surface area contributed by atoms with Crippen LogP contribution in [0.4, 0.5) is 4.39 Å². The standard InChI is InChI=1S/C13H8Cl3F/c14-11-3-1-2-10(13(11)16)12(15)8-4-6-9(17)7-5-8/h1-7,12H. The largest absolute Gasteiger partial charge is 0.207 e. The molecular formula is C13H8Cl3F. The summed E-state index contributed by atoms with van der Waals surface area (Å²) in [5, 5.41) is 0.442. The van der Waals surface area contributed by atoms with Gasteiger partial charge in [0.25, 0.3) is 0 Å². The van der Waals surface area contributed by atoms with Gasteiger partial charge in [0.15, 0.2) is 0 Å². The van der Waals surface area contributed by atoms with Crippen LogP contribution in [0, 0.1) is 5.82 Å². The van der Waals surface area contributed by atoms with Gasteiger partial charge in [-0.2, -0.15) is 0 Å². The Labute approximate surface area is 114 Å². The summed E-state index contributed by atoms with van der Waals surface area (Å²) in [4.78, 5) is 0. The van der Waals surface area contributed by atoms with E-state index in [1.807, 2.05) is 0 Å². The lowest BCUT2D eigenvalue weighted by atomic mass is 10.0. The van der Waals surface area contributed by atoms with E-state index < -0.39 is 5.38 Å². The fourth-order valence-electron chi connectivity index (χ4n) is 1.53. The van der Waals surface area contributed by atoms with Gasteiger partial charge in [-0.25, -0.2) is 4.39 Å². The maximum absolute atomic E-state index is 12.8. The SMILES string of the molecule is Fc1ccc(C(Cl)c2cccc(Cl)c2Cl)cc1. The highest BCUT2D eigenvalue weighted by molar-refractivity contribution is 6.43. The maximum atomic E-state index is 12.8. The average molecular weight is 290 g/mol. The van der Waals surface area contributed by atoms with Crippen LogP contribution in [-0.2, 0) is 0 Å². The second kappa shape index (κ2) is 5.26. The van der Waals surface area contributed by atoms with Gasteiger partial charge in [0.2, 0.25) is 0 Å². The molecule has 2 aromatic rings. The Bertz CT molecular complexity index is 523. The van der Waals surface area contributed by atoms with Crippen LogP contribution >= 0.6 is 34.8 Å². The van der Waals surface area contributed by atoms with Crippen LogP contribution in [0.15, 0.2) is 42.5 Å². The molecule has 0 bridgehead atoms. The van der Waals surface area contributed by atoms with Crippen molar-refractivity contribution in [2.24, 2.45) is 0 Å². The first-order chi connectivity index (χ1) is 8.09. The molecule has 2 aromatic carbocycles. The first-order valence-electron chi connectivity index (χ1n) is 4.93.